The van der Waals surface area contributed by atoms with Crippen molar-refractivity contribution in [1.82, 2.24) is 9.78 Å². The fraction of sp³-hybridized carbons (Fsp3) is 0.0909. The molecule has 0 saturated carbocycles. The van der Waals surface area contributed by atoms with E-state index in [2.05, 4.69) is 145 Å². The van der Waals surface area contributed by atoms with Crippen molar-refractivity contribution < 1.29 is 25.8 Å². The molecule has 7 aromatic rings. The van der Waals surface area contributed by atoms with Gasteiger partial charge in [-0.2, -0.15) is 17.2 Å². The van der Waals surface area contributed by atoms with Gasteiger partial charge in [-0.3, -0.25) is 4.68 Å². The van der Waals surface area contributed by atoms with E-state index < -0.39 is 0 Å². The van der Waals surface area contributed by atoms with Crippen molar-refractivity contribution in [2.24, 2.45) is 0 Å². The molecule has 8 rings (SSSR count). The standard InChI is InChI=1S/C44H35N4O.Pt/c1-44(2,3)35-24-25-40(33-16-8-5-9-17-33)43(26-35)47-31-46(41-22-10-11-23-42(41)47)36-18-12-20-38(27-36)49-39-21-13-19-37(28-39)48-30-34(29-45-48)32-14-6-4-7-15-32;/h4-26,29-31H,1-3H3;/q-3;. The number of hydrogen-bond donors (Lipinski definition) is 0. The monoisotopic (exact) mass is 830 g/mol. The number of nitrogens with zero attached hydrogens (tertiary/aromatic N) is 4. The molecule has 50 heavy (non-hydrogen) atoms. The van der Waals surface area contributed by atoms with Crippen LogP contribution in [-0.2, 0) is 26.5 Å². The quantitative estimate of drug-likeness (QED) is 0.150. The molecule has 5 nitrogen and oxygen atoms in total. The largest absolute Gasteiger partial charge is 0.509 e. The zero-order valence-electron chi connectivity index (χ0n) is 28.0. The number of anilines is 4. The minimum Gasteiger partial charge on any atom is -0.509 e. The SMILES string of the molecule is CC(C)(C)c1ccc(-c2ccccc2)c(N2[CH-]N(c3[c-]c(Oc4[c-]c(-n5cc(-c6ccccc6)cn5)ccc4)ccc3)c3ccccc32)c1.[Pt]. The van der Waals surface area contributed by atoms with Crippen LogP contribution in [0.25, 0.3) is 27.9 Å². The van der Waals surface area contributed by atoms with E-state index in [-0.39, 0.29) is 26.5 Å². The second-order valence-electron chi connectivity index (χ2n) is 13.1. The number of fused-ring (bicyclic) bond motifs is 1. The van der Waals surface area contributed by atoms with Gasteiger partial charge in [0, 0.05) is 67.0 Å². The molecule has 0 atom stereocenters. The zero-order chi connectivity index (χ0) is 33.4. The van der Waals surface area contributed by atoms with Crippen LogP contribution >= 0.6 is 0 Å². The van der Waals surface area contributed by atoms with Crippen molar-refractivity contribution >= 4 is 22.7 Å². The molecule has 1 aliphatic rings. The maximum absolute atomic E-state index is 6.36. The Morgan fingerprint density at radius 1 is 0.580 bits per heavy atom. The van der Waals surface area contributed by atoms with E-state index in [0.29, 0.717) is 11.5 Å². The third-order valence-electron chi connectivity index (χ3n) is 8.76. The molecule has 6 aromatic carbocycles. The third kappa shape index (κ3) is 6.62. The van der Waals surface area contributed by atoms with Gasteiger partial charge >= 0.3 is 0 Å². The van der Waals surface area contributed by atoms with E-state index in [0.717, 1.165) is 39.6 Å². The third-order valence-corrected chi connectivity index (χ3v) is 8.76. The fourth-order valence-electron chi connectivity index (χ4n) is 6.17. The summed E-state index contributed by atoms with van der Waals surface area (Å²) in [6, 6.07) is 54.8. The van der Waals surface area contributed by atoms with E-state index in [1.54, 1.807) is 0 Å². The second kappa shape index (κ2) is 13.9. The van der Waals surface area contributed by atoms with Gasteiger partial charge < -0.3 is 14.5 Å². The first-order valence-electron chi connectivity index (χ1n) is 16.5. The molecule has 0 radical (unpaired) electrons. The van der Waals surface area contributed by atoms with Gasteiger partial charge in [-0.1, -0.05) is 106 Å². The number of hydrogen-bond acceptors (Lipinski definition) is 4. The molecule has 0 fully saturated rings. The Hall–Kier alpha value is -5.38. The predicted molar refractivity (Wildman–Crippen MR) is 199 cm³/mol. The molecular weight excluding hydrogens is 796 g/mol. The Labute approximate surface area is 308 Å². The molecule has 2 heterocycles. The molecule has 6 heteroatoms. The molecule has 0 bridgehead atoms. The Kier molecular flexibility index (Phi) is 9.18. The van der Waals surface area contributed by atoms with Crippen LogP contribution in [0.3, 0.4) is 0 Å². The van der Waals surface area contributed by atoms with E-state index in [9.17, 15) is 0 Å². The molecule has 0 amide bonds. The first kappa shape index (κ1) is 33.1. The number of ether oxygens (including phenoxy) is 1. The number of benzene rings is 6. The maximum Gasteiger partial charge on any atom is 0.0571 e. The van der Waals surface area contributed by atoms with Gasteiger partial charge in [0.15, 0.2) is 0 Å². The summed E-state index contributed by atoms with van der Waals surface area (Å²) in [7, 11) is 0. The van der Waals surface area contributed by atoms with Crippen LogP contribution in [0.2, 0.25) is 0 Å². The van der Waals surface area contributed by atoms with Crippen LogP contribution in [0.15, 0.2) is 152 Å². The van der Waals surface area contributed by atoms with Gasteiger partial charge in [-0.15, -0.1) is 48.8 Å². The zero-order valence-corrected chi connectivity index (χ0v) is 30.3. The maximum atomic E-state index is 6.36. The Balaban J connectivity index is 0.00000392. The van der Waals surface area contributed by atoms with Gasteiger partial charge in [0.05, 0.1) is 6.20 Å². The number of para-hydroxylation sites is 2. The summed E-state index contributed by atoms with van der Waals surface area (Å²) in [5, 5.41) is 4.58. The van der Waals surface area contributed by atoms with Crippen molar-refractivity contribution in [2.45, 2.75) is 26.2 Å². The Morgan fingerprint density at radius 3 is 1.86 bits per heavy atom. The number of aromatic nitrogens is 2. The van der Waals surface area contributed by atoms with E-state index in [1.165, 1.54) is 16.7 Å². The minimum atomic E-state index is -0.00172. The van der Waals surface area contributed by atoms with Crippen molar-refractivity contribution in [3.63, 3.8) is 0 Å². The first-order valence-corrected chi connectivity index (χ1v) is 16.5. The summed E-state index contributed by atoms with van der Waals surface area (Å²) in [5.74, 6) is 1.18. The fourth-order valence-corrected chi connectivity index (χ4v) is 6.17. The van der Waals surface area contributed by atoms with E-state index in [4.69, 9.17) is 4.74 Å². The van der Waals surface area contributed by atoms with Crippen LogP contribution in [0, 0.1) is 18.8 Å². The average Bonchev–Trinajstić information content (AvgIpc) is 3.79. The van der Waals surface area contributed by atoms with E-state index >= 15 is 0 Å². The molecule has 1 aliphatic heterocycles. The Bertz CT molecular complexity index is 2240. The van der Waals surface area contributed by atoms with Crippen LogP contribution < -0.4 is 14.5 Å². The van der Waals surface area contributed by atoms with Crippen LogP contribution in [-0.4, -0.2) is 9.78 Å². The smallest absolute Gasteiger partial charge is 0.0571 e. The molecule has 1 aromatic heterocycles. The van der Waals surface area contributed by atoms with Gasteiger partial charge in [-0.25, -0.2) is 0 Å². The summed E-state index contributed by atoms with van der Waals surface area (Å²) in [5.41, 5.74) is 10.7. The Morgan fingerprint density at radius 2 is 1.18 bits per heavy atom. The number of rotatable bonds is 7. The molecule has 0 N–H and O–H groups in total. The van der Waals surface area contributed by atoms with Gasteiger partial charge in [0.2, 0.25) is 0 Å². The molecular formula is C44H35N4OPt-3. The molecule has 0 aliphatic carbocycles. The normalized spacial score (nSPS) is 12.4. The van der Waals surface area contributed by atoms with Crippen LogP contribution in [0.4, 0.5) is 22.7 Å². The van der Waals surface area contributed by atoms with Crippen molar-refractivity contribution in [3.8, 4) is 39.4 Å². The van der Waals surface area contributed by atoms with Crippen LogP contribution in [0.1, 0.15) is 26.3 Å². The second-order valence-corrected chi connectivity index (χ2v) is 13.1. The first-order chi connectivity index (χ1) is 23.9. The topological polar surface area (TPSA) is 33.5 Å². The van der Waals surface area contributed by atoms with Crippen molar-refractivity contribution in [1.29, 1.82) is 0 Å². The molecule has 0 spiro atoms. The molecule has 250 valence electrons. The molecule has 0 saturated heterocycles. The summed E-state index contributed by atoms with van der Waals surface area (Å²) < 4.78 is 8.17. The summed E-state index contributed by atoms with van der Waals surface area (Å²) in [6.07, 6.45) is 3.87. The van der Waals surface area contributed by atoms with Gasteiger partial charge in [-0.05, 0) is 46.0 Å². The van der Waals surface area contributed by atoms with Crippen molar-refractivity contribution in [2.75, 3.05) is 9.80 Å². The van der Waals surface area contributed by atoms with E-state index in [1.807, 2.05) is 65.6 Å². The van der Waals surface area contributed by atoms with Gasteiger partial charge in [0.1, 0.15) is 0 Å². The minimum absolute atomic E-state index is 0. The van der Waals surface area contributed by atoms with Gasteiger partial charge in [0.25, 0.3) is 0 Å². The van der Waals surface area contributed by atoms with Crippen molar-refractivity contribution in [3.05, 3.63) is 176 Å². The predicted octanol–water partition coefficient (Wildman–Crippen LogP) is 11.3. The van der Waals surface area contributed by atoms with Crippen LogP contribution in [0.5, 0.6) is 11.5 Å². The summed E-state index contributed by atoms with van der Waals surface area (Å²) in [4.78, 5) is 4.47. The summed E-state index contributed by atoms with van der Waals surface area (Å²) in [6.45, 7) is 8.93. The molecule has 0 unspecified atom stereocenters. The average molecular weight is 831 g/mol. The summed E-state index contributed by atoms with van der Waals surface area (Å²) >= 11 is 0.